The monoisotopic (exact) mass is 398 g/mol. The Bertz CT molecular complexity index is 637. The molecular formula is C20H31ClN2O4. The molecule has 1 atom stereocenters. The summed E-state index contributed by atoms with van der Waals surface area (Å²) >= 11 is 6.29. The van der Waals surface area contributed by atoms with Crippen LogP contribution in [0.3, 0.4) is 0 Å². The lowest BCUT2D eigenvalue weighted by molar-refractivity contribution is -0.119. The number of carbonyl (C=O) groups is 2. The summed E-state index contributed by atoms with van der Waals surface area (Å²) in [6.07, 6.45) is 5.06. The van der Waals surface area contributed by atoms with Gasteiger partial charge in [-0.25, -0.2) is 0 Å². The number of ether oxygens (including phenoxy) is 2. The first-order valence-corrected chi connectivity index (χ1v) is 9.83. The summed E-state index contributed by atoms with van der Waals surface area (Å²) < 4.78 is 10.6. The van der Waals surface area contributed by atoms with Crippen LogP contribution in [-0.4, -0.2) is 43.0 Å². The second kappa shape index (κ2) is 11.7. The van der Waals surface area contributed by atoms with Crippen LogP contribution in [0.4, 0.5) is 0 Å². The normalized spacial score (nSPS) is 11.7. The molecule has 0 aliphatic carbocycles. The molecule has 1 rings (SSSR count). The molecule has 0 aromatic heterocycles. The van der Waals surface area contributed by atoms with Crippen molar-refractivity contribution in [3.8, 4) is 11.5 Å². The summed E-state index contributed by atoms with van der Waals surface area (Å²) in [4.78, 5) is 26.0. The number of amides is 2. The summed E-state index contributed by atoms with van der Waals surface area (Å²) in [6.45, 7) is 6.69. The van der Waals surface area contributed by atoms with Gasteiger partial charge in [-0.05, 0) is 31.9 Å². The van der Waals surface area contributed by atoms with Crippen molar-refractivity contribution >= 4 is 23.4 Å². The number of benzene rings is 1. The van der Waals surface area contributed by atoms with Crippen LogP contribution in [0.15, 0.2) is 12.1 Å². The first-order valence-electron chi connectivity index (χ1n) is 9.45. The number of methoxy groups -OCH3 is 1. The average Bonchev–Trinajstić information content (AvgIpc) is 2.63. The lowest BCUT2D eigenvalue weighted by Gasteiger charge is -2.30. The van der Waals surface area contributed by atoms with E-state index in [2.05, 4.69) is 20.8 Å². The van der Waals surface area contributed by atoms with E-state index in [4.69, 9.17) is 26.8 Å². The van der Waals surface area contributed by atoms with Crippen LogP contribution >= 0.6 is 11.6 Å². The van der Waals surface area contributed by atoms with Crippen molar-refractivity contribution in [2.45, 2.75) is 58.9 Å². The minimum atomic E-state index is -0.622. The quantitative estimate of drug-likeness (QED) is 0.539. The van der Waals surface area contributed by atoms with Crippen LogP contribution in [0, 0.1) is 0 Å². The summed E-state index contributed by atoms with van der Waals surface area (Å²) in [6, 6.07) is 3.28. The molecule has 6 nitrogen and oxygen atoms in total. The highest BCUT2D eigenvalue weighted by Gasteiger charge is 2.23. The van der Waals surface area contributed by atoms with Crippen molar-refractivity contribution in [1.29, 1.82) is 0 Å². The molecule has 0 bridgehead atoms. The molecule has 152 valence electrons. The zero-order chi connectivity index (χ0) is 20.4. The fourth-order valence-electron chi connectivity index (χ4n) is 2.92. The molecule has 0 saturated heterocycles. The Balaban J connectivity index is 3.13. The van der Waals surface area contributed by atoms with Crippen LogP contribution in [0.5, 0.6) is 11.5 Å². The van der Waals surface area contributed by atoms with E-state index in [1.165, 1.54) is 7.11 Å². The van der Waals surface area contributed by atoms with Crippen molar-refractivity contribution < 1.29 is 19.1 Å². The van der Waals surface area contributed by atoms with Crippen LogP contribution in [0.2, 0.25) is 5.02 Å². The van der Waals surface area contributed by atoms with Crippen LogP contribution < -0.4 is 15.2 Å². The van der Waals surface area contributed by atoms with Crippen LogP contribution in [0.1, 0.15) is 63.2 Å². The highest BCUT2D eigenvalue weighted by atomic mass is 35.5. The summed E-state index contributed by atoms with van der Waals surface area (Å²) in [7, 11) is 1.45. The van der Waals surface area contributed by atoms with Gasteiger partial charge in [-0.2, -0.15) is 0 Å². The lowest BCUT2D eigenvalue weighted by Crippen LogP contribution is -2.39. The van der Waals surface area contributed by atoms with E-state index >= 15 is 0 Å². The molecule has 0 heterocycles. The fourth-order valence-corrected chi connectivity index (χ4v) is 3.19. The second-order valence-electron chi connectivity index (χ2n) is 6.59. The Morgan fingerprint density at radius 1 is 1.22 bits per heavy atom. The van der Waals surface area contributed by atoms with E-state index < -0.39 is 5.91 Å². The maximum absolute atomic E-state index is 13.1. The Kier molecular flexibility index (Phi) is 10.0. The number of hydrogen-bond acceptors (Lipinski definition) is 4. The molecule has 0 spiro atoms. The van der Waals surface area contributed by atoms with Gasteiger partial charge in [0, 0.05) is 18.2 Å². The average molecular weight is 399 g/mol. The van der Waals surface area contributed by atoms with Gasteiger partial charge in [0.1, 0.15) is 0 Å². The minimum absolute atomic E-state index is 0.0892. The standard InChI is InChI=1S/C20H31ClN2O4/c1-5-7-8-10-23(14(3)9-6-2)20(25)15-11-16(21)19(17(12-15)26-4)27-13-18(22)24/h11-12,14H,5-10,13H2,1-4H3,(H2,22,24). The number of nitrogens with zero attached hydrogens (tertiary/aromatic N) is 1. The molecule has 0 aliphatic heterocycles. The lowest BCUT2D eigenvalue weighted by atomic mass is 10.1. The smallest absolute Gasteiger partial charge is 0.255 e. The molecule has 7 heteroatoms. The maximum atomic E-state index is 13.1. The van der Waals surface area contributed by atoms with Crippen molar-refractivity contribution in [2.24, 2.45) is 5.73 Å². The zero-order valence-electron chi connectivity index (χ0n) is 16.7. The Labute approximate surface area is 166 Å². The molecule has 1 aromatic carbocycles. The molecule has 1 aromatic rings. The van der Waals surface area contributed by atoms with Crippen molar-refractivity contribution in [3.63, 3.8) is 0 Å². The molecular weight excluding hydrogens is 368 g/mol. The van der Waals surface area contributed by atoms with Crippen molar-refractivity contribution in [1.82, 2.24) is 4.90 Å². The third-order valence-corrected chi connectivity index (χ3v) is 4.62. The summed E-state index contributed by atoms with van der Waals surface area (Å²) in [5.74, 6) is -0.213. The summed E-state index contributed by atoms with van der Waals surface area (Å²) in [5, 5.41) is 0.204. The SMILES string of the molecule is CCCCCN(C(=O)c1cc(Cl)c(OCC(N)=O)c(OC)c1)C(C)CCC. The van der Waals surface area contributed by atoms with E-state index in [0.29, 0.717) is 17.9 Å². The van der Waals surface area contributed by atoms with E-state index in [1.54, 1.807) is 12.1 Å². The number of primary amides is 1. The van der Waals surface area contributed by atoms with Gasteiger partial charge < -0.3 is 20.1 Å². The number of rotatable bonds is 12. The molecule has 1 unspecified atom stereocenters. The molecule has 0 fully saturated rings. The predicted octanol–water partition coefficient (Wildman–Crippen LogP) is 4.03. The number of unbranched alkanes of at least 4 members (excludes halogenated alkanes) is 2. The number of nitrogens with two attached hydrogens (primary N) is 1. The molecule has 0 saturated carbocycles. The minimum Gasteiger partial charge on any atom is -0.493 e. The van der Waals surface area contributed by atoms with Gasteiger partial charge >= 0.3 is 0 Å². The van der Waals surface area contributed by atoms with E-state index in [9.17, 15) is 9.59 Å². The molecule has 2 N–H and O–H groups in total. The number of halogens is 1. The van der Waals surface area contributed by atoms with Crippen molar-refractivity contribution in [2.75, 3.05) is 20.3 Å². The van der Waals surface area contributed by atoms with Gasteiger partial charge in [0.2, 0.25) is 0 Å². The second-order valence-corrected chi connectivity index (χ2v) is 6.99. The van der Waals surface area contributed by atoms with Gasteiger partial charge in [0.25, 0.3) is 11.8 Å². The van der Waals surface area contributed by atoms with E-state index in [0.717, 1.165) is 32.1 Å². The van der Waals surface area contributed by atoms with Crippen LogP contribution in [-0.2, 0) is 4.79 Å². The number of carbonyl (C=O) groups excluding carboxylic acids is 2. The maximum Gasteiger partial charge on any atom is 0.255 e. The fraction of sp³-hybridized carbons (Fsp3) is 0.600. The third-order valence-electron chi connectivity index (χ3n) is 4.34. The Hall–Kier alpha value is -1.95. The topological polar surface area (TPSA) is 81.9 Å². The van der Waals surface area contributed by atoms with Crippen LogP contribution in [0.25, 0.3) is 0 Å². The Morgan fingerprint density at radius 3 is 2.48 bits per heavy atom. The van der Waals surface area contributed by atoms with E-state index in [-0.39, 0.29) is 29.3 Å². The number of hydrogen-bond donors (Lipinski definition) is 1. The Morgan fingerprint density at radius 2 is 1.93 bits per heavy atom. The van der Waals surface area contributed by atoms with Gasteiger partial charge in [-0.3, -0.25) is 9.59 Å². The largest absolute Gasteiger partial charge is 0.493 e. The highest BCUT2D eigenvalue weighted by molar-refractivity contribution is 6.32. The summed E-state index contributed by atoms with van der Waals surface area (Å²) in [5.41, 5.74) is 5.54. The van der Waals surface area contributed by atoms with Gasteiger partial charge in [0.15, 0.2) is 18.1 Å². The third kappa shape index (κ3) is 6.94. The first kappa shape index (κ1) is 23.1. The highest BCUT2D eigenvalue weighted by Crippen LogP contribution is 2.37. The zero-order valence-corrected chi connectivity index (χ0v) is 17.5. The van der Waals surface area contributed by atoms with Crippen molar-refractivity contribution in [3.05, 3.63) is 22.7 Å². The molecule has 27 heavy (non-hydrogen) atoms. The van der Waals surface area contributed by atoms with E-state index in [1.807, 2.05) is 4.90 Å². The van der Waals surface area contributed by atoms with Gasteiger partial charge in [0.05, 0.1) is 12.1 Å². The molecule has 0 aliphatic rings. The van der Waals surface area contributed by atoms with Gasteiger partial charge in [-0.1, -0.05) is 44.7 Å². The molecule has 2 amide bonds. The first-order chi connectivity index (χ1) is 12.8. The van der Waals surface area contributed by atoms with Gasteiger partial charge in [-0.15, -0.1) is 0 Å². The molecule has 0 radical (unpaired) electrons. The predicted molar refractivity (Wildman–Crippen MR) is 108 cm³/mol.